The molecule has 2 nitrogen and oxygen atoms in total. The van der Waals surface area contributed by atoms with Crippen LogP contribution in [0.3, 0.4) is 0 Å². The topological polar surface area (TPSA) is 23.5 Å². The number of rotatable bonds is 3. The molecular weight excluding hydrogens is 254 g/mol. The van der Waals surface area contributed by atoms with Crippen LogP contribution in [-0.4, -0.2) is 29.2 Å². The van der Waals surface area contributed by atoms with Crippen molar-refractivity contribution in [3.8, 4) is 11.8 Å². The fourth-order valence-electron chi connectivity index (χ4n) is 2.54. The van der Waals surface area contributed by atoms with Crippen molar-refractivity contribution in [2.45, 2.75) is 51.6 Å². The highest BCUT2D eigenvalue weighted by molar-refractivity contribution is 7.10. The average molecular weight is 277 g/mol. The first-order chi connectivity index (χ1) is 9.31. The highest BCUT2D eigenvalue weighted by Crippen LogP contribution is 2.23. The predicted molar refractivity (Wildman–Crippen MR) is 81.2 cm³/mol. The van der Waals surface area contributed by atoms with Gasteiger partial charge in [-0.1, -0.05) is 24.7 Å². The Balaban J connectivity index is 2.02. The molecule has 1 N–H and O–H groups in total. The van der Waals surface area contributed by atoms with Crippen LogP contribution in [-0.2, 0) is 6.54 Å². The fourth-order valence-corrected chi connectivity index (χ4v) is 3.40. The highest BCUT2D eigenvalue weighted by Gasteiger charge is 2.18. The van der Waals surface area contributed by atoms with Crippen molar-refractivity contribution in [1.29, 1.82) is 0 Å². The molecule has 0 aliphatic carbocycles. The summed E-state index contributed by atoms with van der Waals surface area (Å²) < 4.78 is 0. The van der Waals surface area contributed by atoms with Gasteiger partial charge in [0.25, 0.3) is 0 Å². The molecule has 1 saturated heterocycles. The Hall–Kier alpha value is -0.820. The normalized spacial score (nSPS) is 20.6. The number of aliphatic hydroxyl groups excluding tert-OH is 1. The van der Waals surface area contributed by atoms with Gasteiger partial charge < -0.3 is 5.11 Å². The molecule has 2 heterocycles. The van der Waals surface area contributed by atoms with E-state index in [2.05, 4.69) is 35.1 Å². The van der Waals surface area contributed by atoms with Crippen molar-refractivity contribution in [2.24, 2.45) is 0 Å². The second-order valence-electron chi connectivity index (χ2n) is 5.20. The summed E-state index contributed by atoms with van der Waals surface area (Å²) in [5.74, 6) is 6.21. The Kier molecular flexibility index (Phi) is 5.91. The van der Waals surface area contributed by atoms with Crippen LogP contribution in [0.2, 0.25) is 0 Å². The summed E-state index contributed by atoms with van der Waals surface area (Å²) in [5.41, 5.74) is 1.15. The molecule has 1 aromatic heterocycles. The molecule has 19 heavy (non-hydrogen) atoms. The number of likely N-dealkylation sites (tertiary alicyclic amines) is 1. The lowest BCUT2D eigenvalue weighted by Crippen LogP contribution is -2.31. The van der Waals surface area contributed by atoms with E-state index < -0.39 is 0 Å². The monoisotopic (exact) mass is 277 g/mol. The molecule has 1 fully saturated rings. The van der Waals surface area contributed by atoms with Crippen LogP contribution < -0.4 is 0 Å². The molecule has 0 saturated carbocycles. The molecule has 2 rings (SSSR count). The molecule has 0 amide bonds. The second-order valence-corrected chi connectivity index (χ2v) is 6.20. The van der Waals surface area contributed by atoms with Gasteiger partial charge >= 0.3 is 0 Å². The molecule has 1 aliphatic heterocycles. The van der Waals surface area contributed by atoms with Crippen LogP contribution in [0.4, 0.5) is 0 Å². The van der Waals surface area contributed by atoms with E-state index in [0.717, 1.165) is 12.1 Å². The fraction of sp³-hybridized carbons (Fsp3) is 0.625. The van der Waals surface area contributed by atoms with E-state index >= 15 is 0 Å². The molecule has 1 atom stereocenters. The van der Waals surface area contributed by atoms with Crippen molar-refractivity contribution in [3.05, 3.63) is 21.9 Å². The molecule has 104 valence electrons. The number of hydrogen-bond donors (Lipinski definition) is 1. The van der Waals surface area contributed by atoms with Gasteiger partial charge in [0.15, 0.2) is 0 Å². The third-order valence-corrected chi connectivity index (χ3v) is 4.65. The Labute approximate surface area is 120 Å². The molecule has 0 bridgehead atoms. The molecule has 1 aromatic rings. The lowest BCUT2D eigenvalue weighted by Gasteiger charge is -2.26. The zero-order valence-corrected chi connectivity index (χ0v) is 12.5. The first kappa shape index (κ1) is 14.6. The molecule has 0 aromatic carbocycles. The second kappa shape index (κ2) is 7.69. The first-order valence-corrected chi connectivity index (χ1v) is 8.09. The summed E-state index contributed by atoms with van der Waals surface area (Å²) in [4.78, 5) is 3.97. The molecule has 0 radical (unpaired) electrons. The van der Waals surface area contributed by atoms with Crippen LogP contribution in [0.1, 0.15) is 49.5 Å². The predicted octanol–water partition coefficient (Wildman–Crippen LogP) is 3.25. The van der Waals surface area contributed by atoms with Gasteiger partial charge in [-0.2, -0.15) is 0 Å². The van der Waals surface area contributed by atoms with Crippen LogP contribution in [0.25, 0.3) is 0 Å². The van der Waals surface area contributed by atoms with Gasteiger partial charge in [-0.3, -0.25) is 4.90 Å². The van der Waals surface area contributed by atoms with Crippen molar-refractivity contribution in [1.82, 2.24) is 4.90 Å². The van der Waals surface area contributed by atoms with Crippen molar-refractivity contribution in [3.63, 3.8) is 0 Å². The zero-order valence-electron chi connectivity index (χ0n) is 11.7. The van der Waals surface area contributed by atoms with Crippen molar-refractivity contribution >= 4 is 11.3 Å². The molecule has 1 unspecified atom stereocenters. The molecule has 0 spiro atoms. The first-order valence-electron chi connectivity index (χ1n) is 7.21. The third-order valence-electron chi connectivity index (χ3n) is 3.74. The van der Waals surface area contributed by atoms with Crippen molar-refractivity contribution < 1.29 is 5.11 Å². The number of aliphatic hydroxyl groups is 1. The zero-order chi connectivity index (χ0) is 13.5. The van der Waals surface area contributed by atoms with E-state index in [1.807, 2.05) is 0 Å². The van der Waals surface area contributed by atoms with E-state index in [4.69, 9.17) is 5.11 Å². The lowest BCUT2D eigenvalue weighted by atomic mass is 10.1. The SMILES string of the molecule is CC1CCCCCN1Cc1sccc1C#CCCO. The number of hydrogen-bond acceptors (Lipinski definition) is 3. The summed E-state index contributed by atoms with van der Waals surface area (Å²) in [5, 5.41) is 10.9. The standard InChI is InChI=1S/C16H23NOS/c1-14-7-3-2-5-10-17(14)13-16-15(9-12-19-16)8-4-6-11-18/h9,12,14,18H,2-3,5-7,10-11,13H2,1H3. The Morgan fingerprint density at radius 2 is 2.32 bits per heavy atom. The van der Waals surface area contributed by atoms with E-state index in [-0.39, 0.29) is 6.61 Å². The summed E-state index contributed by atoms with van der Waals surface area (Å²) in [6.45, 7) is 4.73. The third kappa shape index (κ3) is 4.35. The maximum absolute atomic E-state index is 8.78. The largest absolute Gasteiger partial charge is 0.395 e. The van der Waals surface area contributed by atoms with Gasteiger partial charge in [0, 0.05) is 29.4 Å². The molecule has 1 aliphatic rings. The summed E-state index contributed by atoms with van der Waals surface area (Å²) in [6.07, 6.45) is 5.94. The van der Waals surface area contributed by atoms with E-state index in [0.29, 0.717) is 12.5 Å². The number of thiophene rings is 1. The van der Waals surface area contributed by atoms with Gasteiger partial charge in [0.05, 0.1) is 6.61 Å². The minimum atomic E-state index is 0.148. The van der Waals surface area contributed by atoms with Crippen LogP contribution in [0, 0.1) is 11.8 Å². The van der Waals surface area contributed by atoms with Crippen LogP contribution in [0.15, 0.2) is 11.4 Å². The smallest absolute Gasteiger partial charge is 0.0540 e. The quantitative estimate of drug-likeness (QED) is 0.857. The van der Waals surface area contributed by atoms with Gasteiger partial charge in [-0.25, -0.2) is 0 Å². The Morgan fingerprint density at radius 3 is 3.16 bits per heavy atom. The van der Waals surface area contributed by atoms with Gasteiger partial charge in [-0.15, -0.1) is 11.3 Å². The summed E-state index contributed by atoms with van der Waals surface area (Å²) in [7, 11) is 0. The maximum Gasteiger partial charge on any atom is 0.0540 e. The van der Waals surface area contributed by atoms with Crippen molar-refractivity contribution in [2.75, 3.05) is 13.2 Å². The Morgan fingerprint density at radius 1 is 1.42 bits per heavy atom. The van der Waals surface area contributed by atoms with Crippen LogP contribution >= 0.6 is 11.3 Å². The highest BCUT2D eigenvalue weighted by atomic mass is 32.1. The van der Waals surface area contributed by atoms with E-state index in [1.165, 1.54) is 37.1 Å². The van der Waals surface area contributed by atoms with Gasteiger partial charge in [0.2, 0.25) is 0 Å². The minimum Gasteiger partial charge on any atom is -0.395 e. The maximum atomic E-state index is 8.78. The minimum absolute atomic E-state index is 0.148. The summed E-state index contributed by atoms with van der Waals surface area (Å²) >= 11 is 1.80. The lowest BCUT2D eigenvalue weighted by molar-refractivity contribution is 0.206. The average Bonchev–Trinajstić information content (AvgIpc) is 2.74. The van der Waals surface area contributed by atoms with E-state index in [1.54, 1.807) is 11.3 Å². The van der Waals surface area contributed by atoms with Crippen LogP contribution in [0.5, 0.6) is 0 Å². The summed E-state index contributed by atoms with van der Waals surface area (Å²) in [6, 6.07) is 2.79. The molecule has 3 heteroatoms. The van der Waals surface area contributed by atoms with E-state index in [9.17, 15) is 0 Å². The van der Waals surface area contributed by atoms with Gasteiger partial charge in [-0.05, 0) is 37.8 Å². The Bertz CT molecular complexity index is 443. The number of nitrogens with zero attached hydrogens (tertiary/aromatic N) is 1. The molecular formula is C16H23NOS. The van der Waals surface area contributed by atoms with Gasteiger partial charge in [0.1, 0.15) is 0 Å².